The Bertz CT molecular complexity index is 611. The fourth-order valence-electron chi connectivity index (χ4n) is 2.60. The Labute approximate surface area is 148 Å². The quantitative estimate of drug-likeness (QED) is 0.822. The number of halogens is 2. The van der Waals surface area contributed by atoms with Crippen LogP contribution in [0.5, 0.6) is 0 Å². The molecule has 0 amide bonds. The van der Waals surface area contributed by atoms with Gasteiger partial charge in [-0.3, -0.25) is 0 Å². The molecule has 1 atom stereocenters. The van der Waals surface area contributed by atoms with E-state index in [-0.39, 0.29) is 20.9 Å². The molecular weight excluding hydrogens is 357 g/mol. The molecule has 0 saturated carbocycles. The van der Waals surface area contributed by atoms with E-state index in [9.17, 15) is 8.42 Å². The summed E-state index contributed by atoms with van der Waals surface area (Å²) < 4.78 is 27.4. The van der Waals surface area contributed by atoms with Crippen LogP contribution in [0.2, 0.25) is 10.0 Å². The highest BCUT2D eigenvalue weighted by molar-refractivity contribution is 7.89. The van der Waals surface area contributed by atoms with Gasteiger partial charge in [-0.05, 0) is 25.1 Å². The normalized spacial score (nSPS) is 19.0. The Balaban J connectivity index is 1.91. The van der Waals surface area contributed by atoms with Crippen molar-refractivity contribution in [3.63, 3.8) is 0 Å². The number of benzene rings is 1. The molecule has 23 heavy (non-hydrogen) atoms. The van der Waals surface area contributed by atoms with Crippen LogP contribution in [0.1, 0.15) is 6.92 Å². The molecule has 1 heterocycles. The van der Waals surface area contributed by atoms with Crippen LogP contribution in [-0.2, 0) is 10.0 Å². The van der Waals surface area contributed by atoms with Gasteiger partial charge < -0.3 is 9.80 Å². The van der Waals surface area contributed by atoms with Crippen LogP contribution in [0.4, 0.5) is 0 Å². The maximum Gasteiger partial charge on any atom is 0.243 e. The lowest BCUT2D eigenvalue weighted by Crippen LogP contribution is -2.46. The number of nitrogens with zero attached hydrogens (tertiary/aromatic N) is 2. The van der Waals surface area contributed by atoms with Crippen molar-refractivity contribution >= 4 is 33.2 Å². The van der Waals surface area contributed by atoms with E-state index in [1.807, 2.05) is 6.92 Å². The number of sulfonamides is 1. The minimum absolute atomic E-state index is 0.0462. The lowest BCUT2D eigenvalue weighted by molar-refractivity contribution is 0.139. The van der Waals surface area contributed by atoms with E-state index in [1.165, 1.54) is 12.1 Å². The zero-order valence-electron chi connectivity index (χ0n) is 13.4. The number of rotatable bonds is 6. The van der Waals surface area contributed by atoms with Crippen LogP contribution < -0.4 is 4.72 Å². The van der Waals surface area contributed by atoms with Gasteiger partial charge in [0.2, 0.25) is 10.0 Å². The first-order chi connectivity index (χ1) is 10.8. The van der Waals surface area contributed by atoms with Gasteiger partial charge in [0.25, 0.3) is 0 Å². The first kappa shape index (κ1) is 19.0. The van der Waals surface area contributed by atoms with E-state index in [0.717, 1.165) is 32.7 Å². The Kier molecular flexibility index (Phi) is 6.71. The van der Waals surface area contributed by atoms with Crippen LogP contribution in [0, 0.1) is 5.92 Å². The van der Waals surface area contributed by atoms with Gasteiger partial charge in [0.05, 0.1) is 10.0 Å². The van der Waals surface area contributed by atoms with E-state index < -0.39 is 10.0 Å². The topological polar surface area (TPSA) is 52.7 Å². The van der Waals surface area contributed by atoms with Gasteiger partial charge >= 0.3 is 0 Å². The number of piperazine rings is 1. The first-order valence-electron chi connectivity index (χ1n) is 7.64. The molecule has 1 saturated heterocycles. The average Bonchev–Trinajstić information content (AvgIpc) is 2.47. The summed E-state index contributed by atoms with van der Waals surface area (Å²) in [5.41, 5.74) is 0. The predicted molar refractivity (Wildman–Crippen MR) is 94.8 cm³/mol. The van der Waals surface area contributed by atoms with Crippen molar-refractivity contribution in [1.29, 1.82) is 0 Å². The number of likely N-dealkylation sites (N-methyl/N-ethyl adjacent to an activating group) is 1. The fourth-order valence-corrected chi connectivity index (χ4v) is 4.90. The summed E-state index contributed by atoms with van der Waals surface area (Å²) in [6.07, 6.45) is 0. The number of hydrogen-bond acceptors (Lipinski definition) is 4. The van der Waals surface area contributed by atoms with Gasteiger partial charge in [0.1, 0.15) is 4.90 Å². The minimum atomic E-state index is -3.71. The van der Waals surface area contributed by atoms with Crippen molar-refractivity contribution < 1.29 is 8.42 Å². The molecule has 1 N–H and O–H groups in total. The third-order valence-electron chi connectivity index (χ3n) is 3.98. The summed E-state index contributed by atoms with van der Waals surface area (Å²) in [5, 5.41) is 0.272. The van der Waals surface area contributed by atoms with Crippen molar-refractivity contribution in [1.82, 2.24) is 14.5 Å². The van der Waals surface area contributed by atoms with Crippen LogP contribution in [0.15, 0.2) is 23.1 Å². The third kappa shape index (κ3) is 5.31. The van der Waals surface area contributed by atoms with E-state index in [1.54, 1.807) is 6.07 Å². The van der Waals surface area contributed by atoms with Crippen molar-refractivity contribution in [3.8, 4) is 0 Å². The monoisotopic (exact) mass is 379 g/mol. The maximum atomic E-state index is 12.4. The highest BCUT2D eigenvalue weighted by atomic mass is 35.5. The molecular formula is C15H23Cl2N3O2S. The van der Waals surface area contributed by atoms with E-state index in [2.05, 4.69) is 21.6 Å². The molecule has 1 aromatic carbocycles. The Morgan fingerprint density at radius 2 is 1.74 bits per heavy atom. The zero-order chi connectivity index (χ0) is 17.0. The predicted octanol–water partition coefficient (Wildman–Crippen LogP) is 2.16. The Hall–Kier alpha value is -0.370. The molecule has 1 aromatic rings. The van der Waals surface area contributed by atoms with Crippen LogP contribution in [0.3, 0.4) is 0 Å². The van der Waals surface area contributed by atoms with Gasteiger partial charge in [-0.25, -0.2) is 13.1 Å². The standard InChI is InChI=1S/C15H23Cl2N3O2S/c1-12(11-20-8-6-19(2)7-9-20)10-18-23(21,22)15-13(16)4-3-5-14(15)17/h3-5,12,18H,6-11H2,1-2H3. The molecule has 1 unspecified atom stereocenters. The second-order valence-corrected chi connectivity index (χ2v) is 8.63. The summed E-state index contributed by atoms with van der Waals surface area (Å²) in [6.45, 7) is 7.40. The smallest absolute Gasteiger partial charge is 0.243 e. The molecule has 1 aliphatic heterocycles. The highest BCUT2D eigenvalue weighted by Gasteiger charge is 2.23. The average molecular weight is 380 g/mol. The Morgan fingerprint density at radius 1 is 1.17 bits per heavy atom. The first-order valence-corrected chi connectivity index (χ1v) is 9.88. The van der Waals surface area contributed by atoms with Gasteiger partial charge in [-0.1, -0.05) is 36.2 Å². The van der Waals surface area contributed by atoms with Gasteiger partial charge in [-0.2, -0.15) is 0 Å². The summed E-state index contributed by atoms with van der Waals surface area (Å²) in [7, 11) is -1.59. The van der Waals surface area contributed by atoms with E-state index in [4.69, 9.17) is 23.2 Å². The van der Waals surface area contributed by atoms with Crippen molar-refractivity contribution in [2.75, 3.05) is 46.3 Å². The van der Waals surface area contributed by atoms with Crippen molar-refractivity contribution in [3.05, 3.63) is 28.2 Å². The SMILES string of the molecule is CC(CNS(=O)(=O)c1c(Cl)cccc1Cl)CN1CCN(C)CC1. The lowest BCUT2D eigenvalue weighted by atomic mass is 10.1. The summed E-state index contributed by atoms with van der Waals surface area (Å²) in [4.78, 5) is 4.61. The van der Waals surface area contributed by atoms with Gasteiger partial charge in [0.15, 0.2) is 0 Å². The van der Waals surface area contributed by atoms with Crippen LogP contribution in [-0.4, -0.2) is 64.5 Å². The van der Waals surface area contributed by atoms with Crippen LogP contribution >= 0.6 is 23.2 Å². The largest absolute Gasteiger partial charge is 0.304 e. The van der Waals surface area contributed by atoms with Gasteiger partial charge in [0, 0.05) is 39.3 Å². The molecule has 0 aliphatic carbocycles. The molecule has 1 fully saturated rings. The van der Waals surface area contributed by atoms with E-state index in [0.29, 0.717) is 6.54 Å². The molecule has 0 spiro atoms. The molecule has 5 nitrogen and oxygen atoms in total. The zero-order valence-corrected chi connectivity index (χ0v) is 15.8. The third-order valence-corrected chi connectivity index (χ3v) is 6.35. The number of hydrogen-bond donors (Lipinski definition) is 1. The van der Waals surface area contributed by atoms with Crippen LogP contribution in [0.25, 0.3) is 0 Å². The highest BCUT2D eigenvalue weighted by Crippen LogP contribution is 2.28. The molecule has 0 aromatic heterocycles. The van der Waals surface area contributed by atoms with E-state index >= 15 is 0 Å². The van der Waals surface area contributed by atoms with Crippen molar-refractivity contribution in [2.45, 2.75) is 11.8 Å². The van der Waals surface area contributed by atoms with Crippen molar-refractivity contribution in [2.24, 2.45) is 5.92 Å². The minimum Gasteiger partial charge on any atom is -0.304 e. The molecule has 0 bridgehead atoms. The molecule has 2 rings (SSSR count). The lowest BCUT2D eigenvalue weighted by Gasteiger charge is -2.33. The molecule has 130 valence electrons. The molecule has 1 aliphatic rings. The summed E-state index contributed by atoms with van der Waals surface area (Å²) in [6, 6.07) is 4.67. The fraction of sp³-hybridized carbons (Fsp3) is 0.600. The second kappa shape index (κ2) is 8.14. The number of nitrogens with one attached hydrogen (secondary N) is 1. The summed E-state index contributed by atoms with van der Waals surface area (Å²) >= 11 is 12.0. The molecule has 8 heteroatoms. The second-order valence-electron chi connectivity index (χ2n) is 6.11. The maximum absolute atomic E-state index is 12.4. The summed E-state index contributed by atoms with van der Waals surface area (Å²) in [5.74, 6) is 0.203. The Morgan fingerprint density at radius 3 is 2.30 bits per heavy atom. The molecule has 0 radical (unpaired) electrons. The van der Waals surface area contributed by atoms with Gasteiger partial charge in [-0.15, -0.1) is 0 Å².